The Morgan fingerprint density at radius 1 is 1.50 bits per heavy atom. The molecule has 1 rings (SSSR count). The summed E-state index contributed by atoms with van der Waals surface area (Å²) < 4.78 is 1.05. The van der Waals surface area contributed by atoms with Gasteiger partial charge in [-0.1, -0.05) is 13.3 Å². The maximum atomic E-state index is 5.75. The van der Waals surface area contributed by atoms with Gasteiger partial charge in [-0.3, -0.25) is 0 Å². The van der Waals surface area contributed by atoms with Gasteiger partial charge in [0.1, 0.15) is 5.82 Å². The van der Waals surface area contributed by atoms with E-state index in [9.17, 15) is 0 Å². The molecule has 1 heterocycles. The number of nitrogens with one attached hydrogen (secondary N) is 1. The highest BCUT2D eigenvalue weighted by atomic mass is 79.9. The van der Waals surface area contributed by atoms with Crippen molar-refractivity contribution in [2.24, 2.45) is 5.92 Å². The summed E-state index contributed by atoms with van der Waals surface area (Å²) in [4.78, 5) is 4.45. The molecule has 1 aromatic heterocycles. The summed E-state index contributed by atoms with van der Waals surface area (Å²) in [5, 5.41) is 3.36. The lowest BCUT2D eigenvalue weighted by molar-refractivity contribution is 0.521. The predicted molar refractivity (Wildman–Crippen MR) is 74.3 cm³/mol. The van der Waals surface area contributed by atoms with Crippen molar-refractivity contribution in [1.82, 2.24) is 4.98 Å². The van der Waals surface area contributed by atoms with Crippen LogP contribution in [-0.4, -0.2) is 17.4 Å². The van der Waals surface area contributed by atoms with Gasteiger partial charge < -0.3 is 5.32 Å². The first-order valence-corrected chi connectivity index (χ1v) is 6.93. The Kier molecular flexibility index (Phi) is 6.14. The summed E-state index contributed by atoms with van der Waals surface area (Å²) in [6, 6.07) is 4.01. The highest BCUT2D eigenvalue weighted by Gasteiger charge is 2.06. The number of anilines is 1. The van der Waals surface area contributed by atoms with E-state index in [2.05, 4.69) is 33.2 Å². The summed E-state index contributed by atoms with van der Waals surface area (Å²) in [7, 11) is 0. The molecule has 0 saturated carbocycles. The van der Waals surface area contributed by atoms with Crippen LogP contribution in [0.1, 0.15) is 25.5 Å². The molecule has 0 aliphatic rings. The lowest BCUT2D eigenvalue weighted by Crippen LogP contribution is -2.15. The molecule has 16 heavy (non-hydrogen) atoms. The van der Waals surface area contributed by atoms with Crippen LogP contribution in [0.4, 0.5) is 5.82 Å². The fourth-order valence-corrected chi connectivity index (χ4v) is 2.03. The lowest BCUT2D eigenvalue weighted by atomic mass is 10.0. The second-order valence-corrected chi connectivity index (χ2v) is 5.13. The highest BCUT2D eigenvalue weighted by molar-refractivity contribution is 9.10. The van der Waals surface area contributed by atoms with Crippen molar-refractivity contribution in [3.8, 4) is 0 Å². The average Bonchev–Trinajstić information content (AvgIpc) is 2.28. The fourth-order valence-electron chi connectivity index (χ4n) is 1.50. The molecular formula is C12H18BrClN2. The van der Waals surface area contributed by atoms with Crippen molar-refractivity contribution in [2.75, 3.05) is 17.7 Å². The average molecular weight is 306 g/mol. The molecule has 1 atom stereocenters. The molecule has 0 saturated heterocycles. The quantitative estimate of drug-likeness (QED) is 0.796. The normalized spacial score (nSPS) is 12.5. The number of hydrogen-bond donors (Lipinski definition) is 1. The molecule has 0 amide bonds. The zero-order chi connectivity index (χ0) is 12.0. The third kappa shape index (κ3) is 4.30. The van der Waals surface area contributed by atoms with Crippen LogP contribution in [0.3, 0.4) is 0 Å². The Labute approximate surface area is 111 Å². The van der Waals surface area contributed by atoms with Gasteiger partial charge in [0.2, 0.25) is 0 Å². The van der Waals surface area contributed by atoms with Gasteiger partial charge in [0, 0.05) is 16.9 Å². The molecule has 2 nitrogen and oxygen atoms in total. The SMILES string of the molecule is CCC(CCCl)CNc1ccc(Br)c(C)n1. The van der Waals surface area contributed by atoms with Gasteiger partial charge >= 0.3 is 0 Å². The van der Waals surface area contributed by atoms with Crippen LogP contribution in [0, 0.1) is 12.8 Å². The van der Waals surface area contributed by atoms with Gasteiger partial charge in [-0.25, -0.2) is 4.98 Å². The minimum atomic E-state index is 0.628. The van der Waals surface area contributed by atoms with Crippen LogP contribution in [0.5, 0.6) is 0 Å². The number of hydrogen-bond acceptors (Lipinski definition) is 2. The Bertz CT molecular complexity index is 331. The summed E-state index contributed by atoms with van der Waals surface area (Å²) in [6.45, 7) is 5.13. The van der Waals surface area contributed by atoms with E-state index in [1.807, 2.05) is 19.1 Å². The van der Waals surface area contributed by atoms with Gasteiger partial charge in [0.25, 0.3) is 0 Å². The van der Waals surface area contributed by atoms with E-state index in [1.54, 1.807) is 0 Å². The second-order valence-electron chi connectivity index (χ2n) is 3.90. The zero-order valence-electron chi connectivity index (χ0n) is 9.76. The maximum absolute atomic E-state index is 5.75. The number of rotatable bonds is 6. The molecule has 1 unspecified atom stereocenters. The van der Waals surface area contributed by atoms with Gasteiger partial charge in [-0.2, -0.15) is 0 Å². The number of aromatic nitrogens is 1. The van der Waals surface area contributed by atoms with Crippen LogP contribution < -0.4 is 5.32 Å². The van der Waals surface area contributed by atoms with Gasteiger partial charge in [0.15, 0.2) is 0 Å². The minimum Gasteiger partial charge on any atom is -0.370 e. The van der Waals surface area contributed by atoms with E-state index in [-0.39, 0.29) is 0 Å². The molecule has 4 heteroatoms. The predicted octanol–water partition coefficient (Wildman–Crippen LogP) is 4.22. The Hall–Kier alpha value is -0.280. The smallest absolute Gasteiger partial charge is 0.126 e. The van der Waals surface area contributed by atoms with E-state index in [4.69, 9.17) is 11.6 Å². The first kappa shape index (κ1) is 13.8. The van der Waals surface area contributed by atoms with E-state index < -0.39 is 0 Å². The molecule has 0 aliphatic carbocycles. The monoisotopic (exact) mass is 304 g/mol. The first-order valence-electron chi connectivity index (χ1n) is 5.60. The minimum absolute atomic E-state index is 0.628. The van der Waals surface area contributed by atoms with E-state index in [0.29, 0.717) is 5.92 Å². The molecule has 90 valence electrons. The molecule has 0 aliphatic heterocycles. The second kappa shape index (κ2) is 7.13. The number of aryl methyl sites for hydroxylation is 1. The van der Waals surface area contributed by atoms with E-state index in [1.165, 1.54) is 0 Å². The van der Waals surface area contributed by atoms with Crippen LogP contribution >= 0.6 is 27.5 Å². The molecule has 1 N–H and O–H groups in total. The van der Waals surface area contributed by atoms with Crippen LogP contribution in [0.2, 0.25) is 0 Å². The Morgan fingerprint density at radius 3 is 2.81 bits per heavy atom. The summed E-state index contributed by atoms with van der Waals surface area (Å²) in [5.41, 5.74) is 1.01. The Balaban J connectivity index is 2.50. The summed E-state index contributed by atoms with van der Waals surface area (Å²) >= 11 is 9.19. The number of pyridine rings is 1. The largest absolute Gasteiger partial charge is 0.370 e. The highest BCUT2D eigenvalue weighted by Crippen LogP contribution is 2.17. The molecule has 0 radical (unpaired) electrons. The third-order valence-corrected chi connectivity index (χ3v) is 3.74. The van der Waals surface area contributed by atoms with Crippen molar-refractivity contribution in [1.29, 1.82) is 0 Å². The number of nitrogens with zero attached hydrogens (tertiary/aromatic N) is 1. The number of halogens is 2. The molecule has 0 spiro atoms. The van der Waals surface area contributed by atoms with Gasteiger partial charge in [-0.15, -0.1) is 11.6 Å². The molecular weight excluding hydrogens is 288 g/mol. The third-order valence-electron chi connectivity index (χ3n) is 2.69. The Morgan fingerprint density at radius 2 is 2.25 bits per heavy atom. The van der Waals surface area contributed by atoms with Crippen LogP contribution in [0.15, 0.2) is 16.6 Å². The van der Waals surface area contributed by atoms with Crippen molar-refractivity contribution in [3.05, 3.63) is 22.3 Å². The standard InChI is InChI=1S/C12H18BrClN2/c1-3-10(6-7-14)8-15-12-5-4-11(13)9(2)16-12/h4-5,10H,3,6-8H2,1-2H3,(H,15,16). The molecule has 0 aromatic carbocycles. The zero-order valence-corrected chi connectivity index (χ0v) is 12.1. The summed E-state index contributed by atoms with van der Waals surface area (Å²) in [5.74, 6) is 2.30. The topological polar surface area (TPSA) is 24.9 Å². The van der Waals surface area contributed by atoms with Gasteiger partial charge in [0.05, 0.1) is 5.69 Å². The van der Waals surface area contributed by atoms with E-state index in [0.717, 1.165) is 41.3 Å². The van der Waals surface area contributed by atoms with Gasteiger partial charge in [-0.05, 0) is 47.3 Å². The van der Waals surface area contributed by atoms with E-state index >= 15 is 0 Å². The van der Waals surface area contributed by atoms with Crippen molar-refractivity contribution >= 4 is 33.3 Å². The van der Waals surface area contributed by atoms with Crippen LogP contribution in [-0.2, 0) is 0 Å². The number of alkyl halides is 1. The maximum Gasteiger partial charge on any atom is 0.126 e. The van der Waals surface area contributed by atoms with Crippen molar-refractivity contribution in [2.45, 2.75) is 26.7 Å². The fraction of sp³-hybridized carbons (Fsp3) is 0.583. The van der Waals surface area contributed by atoms with Crippen molar-refractivity contribution < 1.29 is 0 Å². The molecule has 1 aromatic rings. The lowest BCUT2D eigenvalue weighted by Gasteiger charge is -2.15. The van der Waals surface area contributed by atoms with Crippen LogP contribution in [0.25, 0.3) is 0 Å². The molecule has 0 bridgehead atoms. The summed E-state index contributed by atoms with van der Waals surface area (Å²) in [6.07, 6.45) is 2.20. The first-order chi connectivity index (χ1) is 7.67. The molecule has 0 fully saturated rings. The van der Waals surface area contributed by atoms with Crippen molar-refractivity contribution in [3.63, 3.8) is 0 Å².